The van der Waals surface area contributed by atoms with E-state index in [-0.39, 0.29) is 0 Å². The Morgan fingerprint density at radius 3 is 2.47 bits per heavy atom. The number of benzene rings is 1. The Hall–Kier alpha value is -1.35. The van der Waals surface area contributed by atoms with Crippen LogP contribution in [0.5, 0.6) is 0 Å². The van der Waals surface area contributed by atoms with Crippen LogP contribution < -0.4 is 5.73 Å². The number of carboxylic acid groups (broad SMARTS) is 1. The van der Waals surface area contributed by atoms with Crippen molar-refractivity contribution in [2.75, 3.05) is 0 Å². The van der Waals surface area contributed by atoms with Crippen LogP contribution in [-0.2, 0) is 4.79 Å². The Bertz CT molecular complexity index is 360. The van der Waals surface area contributed by atoms with Gasteiger partial charge in [0.2, 0.25) is 0 Å². The fourth-order valence-corrected chi connectivity index (χ4v) is 1.91. The molecule has 2 unspecified atom stereocenters. The maximum atomic E-state index is 10.9. The van der Waals surface area contributed by atoms with Crippen molar-refractivity contribution in [3.8, 4) is 0 Å². The monoisotopic (exact) mass is 235 g/mol. The molecule has 0 aliphatic heterocycles. The molecule has 0 amide bonds. The number of rotatable bonds is 6. The molecule has 0 bridgehead atoms. The average molecular weight is 235 g/mol. The minimum atomic E-state index is -1.12. The van der Waals surface area contributed by atoms with Gasteiger partial charge in [-0.15, -0.1) is 0 Å². The standard InChI is InChI=1S/C14H21NO2/c1-3-11(12-7-5-4-6-8-12)9-10-14(2,15)13(16)17/h4-8,11H,3,9-10,15H2,1-2H3,(H,16,17). The highest BCUT2D eigenvalue weighted by molar-refractivity contribution is 5.77. The van der Waals surface area contributed by atoms with Crippen molar-refractivity contribution >= 4 is 5.97 Å². The van der Waals surface area contributed by atoms with Crippen molar-refractivity contribution in [3.63, 3.8) is 0 Å². The first-order valence-electron chi connectivity index (χ1n) is 6.04. The van der Waals surface area contributed by atoms with Crippen LogP contribution >= 0.6 is 0 Å². The molecule has 17 heavy (non-hydrogen) atoms. The van der Waals surface area contributed by atoms with Gasteiger partial charge in [0.1, 0.15) is 5.54 Å². The van der Waals surface area contributed by atoms with Gasteiger partial charge in [0, 0.05) is 0 Å². The summed E-state index contributed by atoms with van der Waals surface area (Å²) in [6.07, 6.45) is 2.30. The SMILES string of the molecule is CCC(CCC(C)(N)C(=O)O)c1ccccc1. The molecule has 0 aliphatic carbocycles. The van der Waals surface area contributed by atoms with Gasteiger partial charge < -0.3 is 10.8 Å². The summed E-state index contributed by atoms with van der Waals surface area (Å²) >= 11 is 0. The second kappa shape index (κ2) is 5.82. The molecule has 0 saturated heterocycles. The van der Waals surface area contributed by atoms with Gasteiger partial charge in [0.05, 0.1) is 0 Å². The molecule has 0 heterocycles. The predicted octanol–water partition coefficient (Wildman–Crippen LogP) is 2.76. The van der Waals surface area contributed by atoms with Crippen molar-refractivity contribution in [1.29, 1.82) is 0 Å². The molecule has 3 nitrogen and oxygen atoms in total. The van der Waals surface area contributed by atoms with Gasteiger partial charge in [0.25, 0.3) is 0 Å². The van der Waals surface area contributed by atoms with Crippen molar-refractivity contribution in [1.82, 2.24) is 0 Å². The van der Waals surface area contributed by atoms with Crippen molar-refractivity contribution in [3.05, 3.63) is 35.9 Å². The molecule has 1 aromatic carbocycles. The highest BCUT2D eigenvalue weighted by atomic mass is 16.4. The van der Waals surface area contributed by atoms with E-state index in [1.165, 1.54) is 5.56 Å². The average Bonchev–Trinajstić information content (AvgIpc) is 2.31. The molecule has 0 fully saturated rings. The maximum absolute atomic E-state index is 10.9. The number of nitrogens with two attached hydrogens (primary N) is 1. The molecule has 0 spiro atoms. The molecule has 0 aliphatic rings. The quantitative estimate of drug-likeness (QED) is 0.797. The van der Waals surface area contributed by atoms with Crippen LogP contribution in [-0.4, -0.2) is 16.6 Å². The van der Waals surface area contributed by atoms with Gasteiger partial charge in [-0.05, 0) is 37.7 Å². The van der Waals surface area contributed by atoms with Gasteiger partial charge in [-0.25, -0.2) is 0 Å². The predicted molar refractivity (Wildman–Crippen MR) is 68.9 cm³/mol. The van der Waals surface area contributed by atoms with Gasteiger partial charge in [-0.3, -0.25) is 4.79 Å². The first-order valence-corrected chi connectivity index (χ1v) is 6.04. The molecule has 2 atom stereocenters. The molecular weight excluding hydrogens is 214 g/mol. The smallest absolute Gasteiger partial charge is 0.323 e. The lowest BCUT2D eigenvalue weighted by molar-refractivity contribution is -0.142. The minimum Gasteiger partial charge on any atom is -0.480 e. The van der Waals surface area contributed by atoms with E-state index in [1.54, 1.807) is 6.92 Å². The first-order chi connectivity index (χ1) is 7.97. The molecule has 0 saturated carbocycles. The maximum Gasteiger partial charge on any atom is 0.323 e. The lowest BCUT2D eigenvalue weighted by Crippen LogP contribution is -2.44. The summed E-state index contributed by atoms with van der Waals surface area (Å²) in [4.78, 5) is 10.9. The summed E-state index contributed by atoms with van der Waals surface area (Å²) in [5.74, 6) is -0.543. The molecule has 1 rings (SSSR count). The molecule has 94 valence electrons. The minimum absolute atomic E-state index is 0.387. The Kier molecular flexibility index (Phi) is 4.70. The Balaban J connectivity index is 2.63. The summed E-state index contributed by atoms with van der Waals surface area (Å²) in [5.41, 5.74) is 5.88. The van der Waals surface area contributed by atoms with Crippen LogP contribution in [0.15, 0.2) is 30.3 Å². The molecule has 3 heteroatoms. The Morgan fingerprint density at radius 1 is 1.41 bits per heavy atom. The zero-order valence-corrected chi connectivity index (χ0v) is 10.5. The third-order valence-electron chi connectivity index (χ3n) is 3.26. The van der Waals surface area contributed by atoms with Gasteiger partial charge in [-0.1, -0.05) is 37.3 Å². The van der Waals surface area contributed by atoms with E-state index >= 15 is 0 Å². The molecule has 1 aromatic rings. The summed E-state index contributed by atoms with van der Waals surface area (Å²) in [6, 6.07) is 10.2. The zero-order chi connectivity index (χ0) is 12.9. The van der Waals surface area contributed by atoms with E-state index in [4.69, 9.17) is 10.8 Å². The van der Waals surface area contributed by atoms with E-state index in [9.17, 15) is 4.79 Å². The largest absolute Gasteiger partial charge is 0.480 e. The third-order valence-corrected chi connectivity index (χ3v) is 3.26. The van der Waals surface area contributed by atoms with Crippen molar-refractivity contribution in [2.24, 2.45) is 5.73 Å². The topological polar surface area (TPSA) is 63.3 Å². The van der Waals surface area contributed by atoms with Crippen LogP contribution in [0.3, 0.4) is 0 Å². The molecular formula is C14H21NO2. The second-order valence-electron chi connectivity index (χ2n) is 4.78. The molecule has 3 N–H and O–H groups in total. The summed E-state index contributed by atoms with van der Waals surface area (Å²) in [6.45, 7) is 3.69. The van der Waals surface area contributed by atoms with Gasteiger partial charge >= 0.3 is 5.97 Å². The van der Waals surface area contributed by atoms with Gasteiger partial charge in [0.15, 0.2) is 0 Å². The number of carbonyl (C=O) groups is 1. The van der Waals surface area contributed by atoms with Crippen molar-refractivity contribution in [2.45, 2.75) is 44.6 Å². The highest BCUT2D eigenvalue weighted by Gasteiger charge is 2.28. The number of aliphatic carboxylic acids is 1. The van der Waals surface area contributed by atoms with Crippen LogP contribution in [0, 0.1) is 0 Å². The van der Waals surface area contributed by atoms with E-state index in [1.807, 2.05) is 18.2 Å². The zero-order valence-electron chi connectivity index (χ0n) is 10.5. The first kappa shape index (κ1) is 13.7. The molecule has 0 radical (unpaired) electrons. The van der Waals surface area contributed by atoms with Crippen molar-refractivity contribution < 1.29 is 9.90 Å². The van der Waals surface area contributed by atoms with E-state index in [0.717, 1.165) is 12.8 Å². The Labute approximate surface area is 103 Å². The summed E-state index contributed by atoms with van der Waals surface area (Å²) in [7, 11) is 0. The number of hydrogen-bond acceptors (Lipinski definition) is 2. The number of hydrogen-bond donors (Lipinski definition) is 2. The summed E-state index contributed by atoms with van der Waals surface area (Å²) < 4.78 is 0. The second-order valence-corrected chi connectivity index (χ2v) is 4.78. The van der Waals surface area contributed by atoms with E-state index in [2.05, 4.69) is 19.1 Å². The summed E-state index contributed by atoms with van der Waals surface area (Å²) in [5, 5.41) is 8.97. The van der Waals surface area contributed by atoms with Crippen LogP contribution in [0.4, 0.5) is 0 Å². The highest BCUT2D eigenvalue weighted by Crippen LogP contribution is 2.26. The van der Waals surface area contributed by atoms with Gasteiger partial charge in [-0.2, -0.15) is 0 Å². The Morgan fingerprint density at radius 2 is 2.00 bits per heavy atom. The third kappa shape index (κ3) is 3.86. The fourth-order valence-electron chi connectivity index (χ4n) is 1.91. The van der Waals surface area contributed by atoms with E-state index < -0.39 is 11.5 Å². The van der Waals surface area contributed by atoms with E-state index in [0.29, 0.717) is 12.3 Å². The lowest BCUT2D eigenvalue weighted by atomic mass is 9.86. The molecule has 0 aromatic heterocycles. The van der Waals surface area contributed by atoms with Crippen LogP contribution in [0.25, 0.3) is 0 Å². The normalized spacial score (nSPS) is 16.2. The number of carboxylic acids is 1. The van der Waals surface area contributed by atoms with Crippen LogP contribution in [0.1, 0.15) is 44.6 Å². The lowest BCUT2D eigenvalue weighted by Gasteiger charge is -2.22. The fraction of sp³-hybridized carbons (Fsp3) is 0.500. The van der Waals surface area contributed by atoms with Crippen LogP contribution in [0.2, 0.25) is 0 Å².